The van der Waals surface area contributed by atoms with Crippen molar-refractivity contribution in [1.82, 2.24) is 25.6 Å². The van der Waals surface area contributed by atoms with Gasteiger partial charge in [-0.1, -0.05) is 18.7 Å². The lowest BCUT2D eigenvalue weighted by atomic mass is 9.83. The van der Waals surface area contributed by atoms with E-state index in [-0.39, 0.29) is 37.0 Å². The van der Waals surface area contributed by atoms with E-state index in [1.807, 2.05) is 18.2 Å². The second-order valence-corrected chi connectivity index (χ2v) is 9.25. The molecule has 11 heteroatoms. The molecule has 0 spiro atoms. The number of nitrogens with zero attached hydrogens (tertiary/aromatic N) is 2. The second-order valence-electron chi connectivity index (χ2n) is 9.25. The molecule has 2 aliphatic rings. The molecule has 2 unspecified atom stereocenters. The van der Waals surface area contributed by atoms with Crippen LogP contribution in [0.5, 0.6) is 5.75 Å². The summed E-state index contributed by atoms with van der Waals surface area (Å²) in [6, 6.07) is 11.6. The van der Waals surface area contributed by atoms with Crippen LogP contribution in [-0.2, 0) is 16.0 Å². The molecule has 5 rings (SSSR count). The molecule has 1 saturated heterocycles. The lowest BCUT2D eigenvalue weighted by molar-refractivity contribution is -0.132. The van der Waals surface area contributed by atoms with E-state index < -0.39 is 11.8 Å². The van der Waals surface area contributed by atoms with Crippen molar-refractivity contribution in [1.29, 1.82) is 0 Å². The molecule has 1 aromatic heterocycles. The zero-order valence-electron chi connectivity index (χ0n) is 20.7. The van der Waals surface area contributed by atoms with Gasteiger partial charge < -0.3 is 19.9 Å². The Bertz CT molecular complexity index is 1450. The van der Waals surface area contributed by atoms with Gasteiger partial charge in [-0.05, 0) is 54.0 Å². The van der Waals surface area contributed by atoms with Crippen LogP contribution in [0.3, 0.4) is 0 Å². The van der Waals surface area contributed by atoms with Gasteiger partial charge in [-0.2, -0.15) is 0 Å². The van der Waals surface area contributed by atoms with Crippen LogP contribution in [0.4, 0.5) is 4.79 Å². The summed E-state index contributed by atoms with van der Waals surface area (Å²) < 4.78 is 5.83. The van der Waals surface area contributed by atoms with Crippen molar-refractivity contribution in [3.63, 3.8) is 0 Å². The molecular formula is C27H27N5O6. The van der Waals surface area contributed by atoms with Crippen LogP contribution in [0.1, 0.15) is 39.1 Å². The van der Waals surface area contributed by atoms with E-state index in [9.17, 15) is 19.2 Å². The molecule has 0 radical (unpaired) electrons. The van der Waals surface area contributed by atoms with Crippen molar-refractivity contribution in [2.45, 2.75) is 18.4 Å². The van der Waals surface area contributed by atoms with E-state index in [1.54, 1.807) is 34.6 Å². The Morgan fingerprint density at radius 3 is 2.68 bits per heavy atom. The Labute approximate surface area is 218 Å². The molecule has 2 aromatic carbocycles. The highest BCUT2D eigenvalue weighted by atomic mass is 16.5. The minimum Gasteiger partial charge on any atom is -0.492 e. The molecule has 1 fully saturated rings. The standard InChI is InChI=1S/C27H27N5O6/c1-3-22(33)28-10-11-38-17-8-9-20-18(13-17)23-19-14-32(27(36)31(2)26(19)35)21(24(23)29-20)12-15-4-6-16(7-5-15)25(34)30-37/h3-9,13,19,21,29,37H,1,10-12,14H2,2H3,(H,28,33)(H,30,34). The lowest BCUT2D eigenvalue weighted by Crippen LogP contribution is -2.57. The third kappa shape index (κ3) is 4.37. The first kappa shape index (κ1) is 25.0. The smallest absolute Gasteiger partial charge is 0.327 e. The fourth-order valence-corrected chi connectivity index (χ4v) is 5.15. The van der Waals surface area contributed by atoms with Crippen LogP contribution in [0.15, 0.2) is 55.1 Å². The van der Waals surface area contributed by atoms with E-state index >= 15 is 0 Å². The molecule has 2 aliphatic heterocycles. The van der Waals surface area contributed by atoms with Gasteiger partial charge in [0.1, 0.15) is 12.4 Å². The monoisotopic (exact) mass is 517 g/mol. The van der Waals surface area contributed by atoms with Crippen LogP contribution in [0, 0.1) is 0 Å². The SMILES string of the molecule is C=CC(=O)NCCOc1ccc2[nH]c3c(c2c1)C1CN(C(=O)N(C)C1=O)C3Cc1ccc(C(=O)NO)cc1. The van der Waals surface area contributed by atoms with Crippen LogP contribution in [-0.4, -0.2) is 70.5 Å². The first-order valence-electron chi connectivity index (χ1n) is 12.1. The number of hydrogen-bond acceptors (Lipinski definition) is 6. The number of aromatic amines is 1. The molecule has 2 bridgehead atoms. The van der Waals surface area contributed by atoms with Gasteiger partial charge in [0, 0.05) is 35.8 Å². The first-order chi connectivity index (χ1) is 18.3. The van der Waals surface area contributed by atoms with Gasteiger partial charge in [0.25, 0.3) is 5.91 Å². The Hall–Kier alpha value is -4.64. The highest BCUT2D eigenvalue weighted by Crippen LogP contribution is 2.45. The van der Waals surface area contributed by atoms with Crippen LogP contribution >= 0.6 is 0 Å². The van der Waals surface area contributed by atoms with Gasteiger partial charge in [0.2, 0.25) is 11.8 Å². The van der Waals surface area contributed by atoms with Crippen molar-refractivity contribution in [3.05, 3.63) is 77.5 Å². The number of rotatable bonds is 8. The Morgan fingerprint density at radius 1 is 1.21 bits per heavy atom. The van der Waals surface area contributed by atoms with Crippen molar-refractivity contribution in [2.24, 2.45) is 0 Å². The third-order valence-corrected chi connectivity index (χ3v) is 7.04. The van der Waals surface area contributed by atoms with Gasteiger partial charge in [-0.3, -0.25) is 24.5 Å². The number of carbonyl (C=O) groups is 4. The summed E-state index contributed by atoms with van der Waals surface area (Å²) in [5, 5.41) is 12.4. The molecular weight excluding hydrogens is 490 g/mol. The van der Waals surface area contributed by atoms with E-state index in [0.29, 0.717) is 24.3 Å². The Kier molecular flexibility index (Phi) is 6.60. The number of urea groups is 1. The predicted molar refractivity (Wildman–Crippen MR) is 137 cm³/mol. The molecule has 3 aromatic rings. The quantitative estimate of drug-likeness (QED) is 0.156. The lowest BCUT2D eigenvalue weighted by Gasteiger charge is -2.45. The third-order valence-electron chi connectivity index (χ3n) is 7.04. The van der Waals surface area contributed by atoms with Gasteiger partial charge in [0.15, 0.2) is 0 Å². The molecule has 196 valence electrons. The number of amides is 5. The highest BCUT2D eigenvalue weighted by molar-refractivity contribution is 6.04. The van der Waals surface area contributed by atoms with Gasteiger partial charge in [0.05, 0.1) is 18.5 Å². The number of fused-ring (bicyclic) bond motifs is 6. The molecule has 0 saturated carbocycles. The Morgan fingerprint density at radius 2 is 1.97 bits per heavy atom. The summed E-state index contributed by atoms with van der Waals surface area (Å²) in [5.74, 6) is -1.07. The van der Waals surface area contributed by atoms with Gasteiger partial charge in [-0.15, -0.1) is 0 Å². The van der Waals surface area contributed by atoms with Crippen molar-refractivity contribution >= 4 is 34.7 Å². The molecule has 5 amide bonds. The zero-order chi connectivity index (χ0) is 27.0. The fourth-order valence-electron chi connectivity index (χ4n) is 5.15. The predicted octanol–water partition coefficient (Wildman–Crippen LogP) is 2.24. The zero-order valence-corrected chi connectivity index (χ0v) is 20.7. The normalized spacial score (nSPS) is 18.3. The van der Waals surface area contributed by atoms with E-state index in [1.165, 1.54) is 18.0 Å². The number of H-pyrrole nitrogens is 1. The number of benzene rings is 2. The number of likely N-dealkylation sites (N-methyl/N-ethyl adjacent to an activating group) is 1. The fraction of sp³-hybridized carbons (Fsp3) is 0.259. The molecule has 38 heavy (non-hydrogen) atoms. The van der Waals surface area contributed by atoms with Crippen LogP contribution < -0.4 is 15.5 Å². The Balaban J connectivity index is 1.49. The average Bonchev–Trinajstić information content (AvgIpc) is 3.32. The van der Waals surface area contributed by atoms with E-state index in [2.05, 4.69) is 16.9 Å². The number of hydrogen-bond donors (Lipinski definition) is 4. The number of hydroxylamine groups is 1. The average molecular weight is 518 g/mol. The first-order valence-corrected chi connectivity index (χ1v) is 12.1. The summed E-state index contributed by atoms with van der Waals surface area (Å²) in [5.41, 5.74) is 5.25. The summed E-state index contributed by atoms with van der Waals surface area (Å²) >= 11 is 0. The summed E-state index contributed by atoms with van der Waals surface area (Å²) in [4.78, 5) is 55.6. The maximum atomic E-state index is 13.2. The van der Waals surface area contributed by atoms with Crippen molar-refractivity contribution < 1.29 is 29.1 Å². The molecule has 2 atom stereocenters. The summed E-state index contributed by atoms with van der Waals surface area (Å²) in [6.07, 6.45) is 1.65. The number of nitrogens with one attached hydrogen (secondary N) is 3. The van der Waals surface area contributed by atoms with Crippen LogP contribution in [0.25, 0.3) is 10.9 Å². The minimum atomic E-state index is -0.609. The summed E-state index contributed by atoms with van der Waals surface area (Å²) in [6.45, 7) is 4.26. The maximum absolute atomic E-state index is 13.2. The topological polar surface area (TPSA) is 144 Å². The van der Waals surface area contributed by atoms with Gasteiger partial charge in [-0.25, -0.2) is 10.3 Å². The minimum absolute atomic E-state index is 0.260. The number of carbonyl (C=O) groups excluding carboxylic acids is 4. The van der Waals surface area contributed by atoms with Crippen molar-refractivity contribution in [2.75, 3.05) is 26.7 Å². The highest BCUT2D eigenvalue weighted by Gasteiger charge is 2.48. The molecule has 11 nitrogen and oxygen atoms in total. The summed E-state index contributed by atoms with van der Waals surface area (Å²) in [7, 11) is 1.50. The maximum Gasteiger partial charge on any atom is 0.327 e. The van der Waals surface area contributed by atoms with E-state index in [0.717, 1.165) is 27.7 Å². The molecule has 3 heterocycles. The second kappa shape index (κ2) is 10.0. The molecule has 0 aliphatic carbocycles. The van der Waals surface area contributed by atoms with Gasteiger partial charge >= 0.3 is 6.03 Å². The largest absolute Gasteiger partial charge is 0.492 e. The number of aromatic nitrogens is 1. The number of ether oxygens (including phenoxy) is 1. The van der Waals surface area contributed by atoms with E-state index in [4.69, 9.17) is 9.94 Å². The number of imide groups is 1. The molecule has 4 N–H and O–H groups in total. The van der Waals surface area contributed by atoms with Crippen LogP contribution in [0.2, 0.25) is 0 Å². The van der Waals surface area contributed by atoms with Crippen molar-refractivity contribution in [3.8, 4) is 5.75 Å².